The lowest BCUT2D eigenvalue weighted by atomic mass is 9.98. The molecular weight excluding hydrogens is 244 g/mol. The Labute approximate surface area is 111 Å². The summed E-state index contributed by atoms with van der Waals surface area (Å²) < 4.78 is 5.02. The molecule has 0 saturated carbocycles. The van der Waals surface area contributed by atoms with Gasteiger partial charge >= 0.3 is 0 Å². The summed E-state index contributed by atoms with van der Waals surface area (Å²) in [5, 5.41) is 15.1. The van der Waals surface area contributed by atoms with Crippen LogP contribution in [0.5, 0.6) is 0 Å². The fraction of sp³-hybridized carbons (Fsp3) is 0.286. The molecule has 19 heavy (non-hydrogen) atoms. The lowest BCUT2D eigenvalue weighted by Gasteiger charge is -2.06. The van der Waals surface area contributed by atoms with E-state index in [1.165, 1.54) is 0 Å². The first-order valence-corrected chi connectivity index (χ1v) is 6.13. The van der Waals surface area contributed by atoms with Gasteiger partial charge in [0.1, 0.15) is 0 Å². The van der Waals surface area contributed by atoms with Crippen LogP contribution in [0.25, 0.3) is 0 Å². The number of aromatic nitrogens is 1. The van der Waals surface area contributed by atoms with Crippen molar-refractivity contribution in [2.45, 2.75) is 12.8 Å². The Bertz CT molecular complexity index is 537. The predicted molar refractivity (Wildman–Crippen MR) is 69.9 cm³/mol. The Morgan fingerprint density at radius 2 is 2.16 bits per heavy atom. The second-order valence-electron chi connectivity index (χ2n) is 4.23. The van der Waals surface area contributed by atoms with Crippen molar-refractivity contribution in [2.24, 2.45) is 0 Å². The number of carbonyl (C=O) groups excluding carboxylic acids is 1. The van der Waals surface area contributed by atoms with Gasteiger partial charge in [0.2, 0.25) is 5.76 Å². The maximum Gasteiger partial charge on any atom is 0.289 e. The van der Waals surface area contributed by atoms with Crippen LogP contribution in [-0.4, -0.2) is 29.3 Å². The number of amides is 1. The number of nitrogens with zero attached hydrogens (tertiary/aromatic N) is 1. The van der Waals surface area contributed by atoms with Crippen LogP contribution >= 0.6 is 0 Å². The summed E-state index contributed by atoms with van der Waals surface area (Å²) >= 11 is 0. The Kier molecular flexibility index (Phi) is 4.30. The summed E-state index contributed by atoms with van der Waals surface area (Å²) in [7, 11) is 0. The van der Waals surface area contributed by atoms with Gasteiger partial charge in [-0.15, -0.1) is 0 Å². The van der Waals surface area contributed by atoms with E-state index in [-0.39, 0.29) is 30.7 Å². The van der Waals surface area contributed by atoms with Crippen molar-refractivity contribution in [3.8, 4) is 0 Å². The van der Waals surface area contributed by atoms with Gasteiger partial charge in [-0.05, 0) is 5.56 Å². The van der Waals surface area contributed by atoms with Gasteiger partial charge in [-0.25, -0.2) is 0 Å². The van der Waals surface area contributed by atoms with E-state index >= 15 is 0 Å². The van der Waals surface area contributed by atoms with Gasteiger partial charge in [0.25, 0.3) is 5.91 Å². The minimum absolute atomic E-state index is 0.0596. The third-order valence-electron chi connectivity index (χ3n) is 2.89. The van der Waals surface area contributed by atoms with Crippen LogP contribution in [0.4, 0.5) is 0 Å². The molecular formula is C14H16N2O3. The first-order valence-electron chi connectivity index (χ1n) is 6.13. The number of aliphatic hydroxyl groups is 1. The molecule has 1 atom stereocenters. The molecule has 1 amide bonds. The van der Waals surface area contributed by atoms with Gasteiger partial charge in [-0.3, -0.25) is 4.79 Å². The zero-order valence-corrected chi connectivity index (χ0v) is 10.7. The van der Waals surface area contributed by atoms with E-state index in [9.17, 15) is 4.79 Å². The molecule has 0 aliphatic carbocycles. The summed E-state index contributed by atoms with van der Waals surface area (Å²) in [6, 6.07) is 11.5. The normalized spacial score (nSPS) is 12.1. The van der Waals surface area contributed by atoms with Crippen LogP contribution < -0.4 is 5.32 Å². The Balaban J connectivity index is 2.10. The van der Waals surface area contributed by atoms with Gasteiger partial charge in [0.05, 0.1) is 12.3 Å². The molecule has 1 aromatic carbocycles. The minimum atomic E-state index is -0.368. The number of benzene rings is 1. The Morgan fingerprint density at radius 1 is 1.42 bits per heavy atom. The predicted octanol–water partition coefficient (Wildman–Crippen LogP) is 1.55. The highest BCUT2D eigenvalue weighted by Gasteiger charge is 2.17. The standard InChI is InChI=1S/C14H16N2O3/c1-10(11-5-3-2-4-6-11)12-9-13(19-16-12)14(18)15-7-8-17/h2-6,9-10,17H,7-8H2,1H3,(H,15,18)/t10-/m1/s1. The number of aliphatic hydroxyl groups excluding tert-OH is 1. The van der Waals surface area contributed by atoms with Gasteiger partial charge in [-0.2, -0.15) is 0 Å². The SMILES string of the molecule is C[C@H](c1ccccc1)c1cc(C(=O)NCCO)on1. The Hall–Kier alpha value is -2.14. The van der Waals surface area contributed by atoms with E-state index in [1.807, 2.05) is 37.3 Å². The third-order valence-corrected chi connectivity index (χ3v) is 2.89. The van der Waals surface area contributed by atoms with Crippen LogP contribution in [0.3, 0.4) is 0 Å². The quantitative estimate of drug-likeness (QED) is 0.855. The molecule has 0 fully saturated rings. The average Bonchev–Trinajstić information content (AvgIpc) is 2.94. The molecule has 0 saturated heterocycles. The lowest BCUT2D eigenvalue weighted by molar-refractivity contribution is 0.0908. The molecule has 5 heteroatoms. The van der Waals surface area contributed by atoms with Crippen molar-refractivity contribution in [1.29, 1.82) is 0 Å². The second-order valence-corrected chi connectivity index (χ2v) is 4.23. The monoisotopic (exact) mass is 260 g/mol. The van der Waals surface area contributed by atoms with Gasteiger partial charge < -0.3 is 14.9 Å². The maximum atomic E-state index is 11.6. The lowest BCUT2D eigenvalue weighted by Crippen LogP contribution is -2.25. The number of hydrogen-bond acceptors (Lipinski definition) is 4. The van der Waals surface area contributed by atoms with Crippen LogP contribution in [0.2, 0.25) is 0 Å². The van der Waals surface area contributed by atoms with E-state index < -0.39 is 0 Å². The topological polar surface area (TPSA) is 75.4 Å². The number of hydrogen-bond donors (Lipinski definition) is 2. The van der Waals surface area contributed by atoms with Gasteiger partial charge in [0, 0.05) is 18.5 Å². The van der Waals surface area contributed by atoms with Crippen molar-refractivity contribution < 1.29 is 14.4 Å². The van der Waals surface area contributed by atoms with Crippen molar-refractivity contribution in [3.63, 3.8) is 0 Å². The molecule has 2 rings (SSSR count). The van der Waals surface area contributed by atoms with E-state index in [2.05, 4.69) is 10.5 Å². The zero-order chi connectivity index (χ0) is 13.7. The molecule has 2 N–H and O–H groups in total. The average molecular weight is 260 g/mol. The highest BCUT2D eigenvalue weighted by atomic mass is 16.5. The summed E-state index contributed by atoms with van der Waals surface area (Å²) in [5.74, 6) is -0.149. The van der Waals surface area contributed by atoms with Crippen molar-refractivity contribution in [1.82, 2.24) is 10.5 Å². The molecule has 0 unspecified atom stereocenters. The molecule has 1 aromatic heterocycles. The van der Waals surface area contributed by atoms with Crippen molar-refractivity contribution in [2.75, 3.05) is 13.2 Å². The zero-order valence-electron chi connectivity index (χ0n) is 10.7. The highest BCUT2D eigenvalue weighted by Crippen LogP contribution is 2.23. The maximum absolute atomic E-state index is 11.6. The Morgan fingerprint density at radius 3 is 2.84 bits per heavy atom. The summed E-state index contributed by atoms with van der Waals surface area (Å²) in [6.45, 7) is 2.10. The number of nitrogens with one attached hydrogen (secondary N) is 1. The summed E-state index contributed by atoms with van der Waals surface area (Å²) in [6.07, 6.45) is 0. The van der Waals surface area contributed by atoms with Crippen molar-refractivity contribution in [3.05, 3.63) is 53.4 Å². The van der Waals surface area contributed by atoms with Crippen LogP contribution in [0.15, 0.2) is 40.9 Å². The van der Waals surface area contributed by atoms with E-state index in [0.717, 1.165) is 5.56 Å². The van der Waals surface area contributed by atoms with Crippen LogP contribution in [-0.2, 0) is 0 Å². The number of carbonyl (C=O) groups is 1. The molecule has 0 aliphatic heterocycles. The fourth-order valence-corrected chi connectivity index (χ4v) is 1.77. The largest absolute Gasteiger partial charge is 0.395 e. The summed E-state index contributed by atoms with van der Waals surface area (Å²) in [5.41, 5.74) is 1.82. The first-order chi connectivity index (χ1) is 9.22. The van der Waals surface area contributed by atoms with Gasteiger partial charge in [-0.1, -0.05) is 42.4 Å². The summed E-state index contributed by atoms with van der Waals surface area (Å²) in [4.78, 5) is 11.6. The first kappa shape index (κ1) is 13.3. The molecule has 0 aliphatic rings. The molecule has 2 aromatic rings. The van der Waals surface area contributed by atoms with Crippen LogP contribution in [0, 0.1) is 0 Å². The molecule has 100 valence electrons. The third kappa shape index (κ3) is 3.20. The smallest absolute Gasteiger partial charge is 0.289 e. The number of rotatable bonds is 5. The van der Waals surface area contributed by atoms with E-state index in [1.54, 1.807) is 6.07 Å². The molecule has 0 bridgehead atoms. The fourth-order valence-electron chi connectivity index (χ4n) is 1.77. The van der Waals surface area contributed by atoms with E-state index in [0.29, 0.717) is 5.69 Å². The van der Waals surface area contributed by atoms with Crippen molar-refractivity contribution >= 4 is 5.91 Å². The molecule has 0 radical (unpaired) electrons. The van der Waals surface area contributed by atoms with Gasteiger partial charge in [0.15, 0.2) is 0 Å². The van der Waals surface area contributed by atoms with E-state index in [4.69, 9.17) is 9.63 Å². The molecule has 0 spiro atoms. The van der Waals surface area contributed by atoms with Crippen LogP contribution in [0.1, 0.15) is 34.7 Å². The highest BCUT2D eigenvalue weighted by molar-refractivity contribution is 5.91. The second kappa shape index (κ2) is 6.15. The molecule has 5 nitrogen and oxygen atoms in total. The minimum Gasteiger partial charge on any atom is -0.395 e. The molecule has 1 heterocycles.